The van der Waals surface area contributed by atoms with Crippen molar-refractivity contribution in [3.63, 3.8) is 0 Å². The molecule has 0 radical (unpaired) electrons. The number of hydrogen-bond acceptors (Lipinski definition) is 3. The molecular weight excluding hydrogens is 342 g/mol. The van der Waals surface area contributed by atoms with Gasteiger partial charge in [0.25, 0.3) is 5.91 Å². The zero-order valence-corrected chi connectivity index (χ0v) is 13.0. The second-order valence-corrected chi connectivity index (χ2v) is 5.37. The summed E-state index contributed by atoms with van der Waals surface area (Å²) in [5.74, 6) is -1.27. The van der Waals surface area contributed by atoms with Crippen molar-refractivity contribution in [2.75, 3.05) is 5.32 Å². The van der Waals surface area contributed by atoms with Crippen molar-refractivity contribution in [3.8, 4) is 5.69 Å². The van der Waals surface area contributed by atoms with Crippen LogP contribution in [0.4, 0.5) is 10.1 Å². The van der Waals surface area contributed by atoms with E-state index < -0.39 is 11.7 Å². The van der Waals surface area contributed by atoms with E-state index >= 15 is 0 Å². The highest BCUT2D eigenvalue weighted by Gasteiger charge is 2.16. The Morgan fingerprint density at radius 2 is 1.96 bits per heavy atom. The molecule has 23 heavy (non-hydrogen) atoms. The van der Waals surface area contributed by atoms with Crippen LogP contribution in [0.2, 0.25) is 10.0 Å². The third-order valence-electron chi connectivity index (χ3n) is 3.07. The van der Waals surface area contributed by atoms with Gasteiger partial charge in [0.15, 0.2) is 0 Å². The Labute approximate surface area is 140 Å². The van der Waals surface area contributed by atoms with Gasteiger partial charge >= 0.3 is 0 Å². The molecule has 0 bridgehead atoms. The summed E-state index contributed by atoms with van der Waals surface area (Å²) in [4.78, 5) is 16.2. The number of amides is 1. The van der Waals surface area contributed by atoms with Crippen molar-refractivity contribution < 1.29 is 9.18 Å². The molecule has 1 aromatic heterocycles. The van der Waals surface area contributed by atoms with Crippen LogP contribution in [0, 0.1) is 5.82 Å². The van der Waals surface area contributed by atoms with Crippen LogP contribution in [0.15, 0.2) is 49.1 Å². The van der Waals surface area contributed by atoms with E-state index in [9.17, 15) is 9.18 Å². The molecule has 116 valence electrons. The van der Waals surface area contributed by atoms with Crippen LogP contribution in [0.25, 0.3) is 5.69 Å². The highest BCUT2D eigenvalue weighted by Crippen LogP contribution is 2.26. The molecule has 3 rings (SSSR count). The molecule has 1 N–H and O–H groups in total. The van der Waals surface area contributed by atoms with Gasteiger partial charge in [-0.05, 0) is 24.3 Å². The monoisotopic (exact) mass is 350 g/mol. The lowest BCUT2D eigenvalue weighted by molar-refractivity contribution is 0.102. The maximum absolute atomic E-state index is 13.6. The molecule has 0 unspecified atom stereocenters. The number of aromatic nitrogens is 3. The number of carbonyl (C=O) groups is 1. The lowest BCUT2D eigenvalue weighted by Crippen LogP contribution is -2.15. The largest absolute Gasteiger partial charge is 0.320 e. The highest BCUT2D eigenvalue weighted by atomic mass is 35.5. The van der Waals surface area contributed by atoms with Crippen LogP contribution in [0.1, 0.15) is 10.4 Å². The number of anilines is 1. The molecule has 0 aliphatic rings. The van der Waals surface area contributed by atoms with E-state index in [0.29, 0.717) is 11.4 Å². The fourth-order valence-corrected chi connectivity index (χ4v) is 2.47. The first-order valence-electron chi connectivity index (χ1n) is 6.46. The Hall–Kier alpha value is -2.44. The van der Waals surface area contributed by atoms with E-state index in [2.05, 4.69) is 15.4 Å². The molecule has 1 amide bonds. The van der Waals surface area contributed by atoms with Crippen LogP contribution < -0.4 is 5.32 Å². The summed E-state index contributed by atoms with van der Waals surface area (Å²) in [5, 5.41) is 6.62. The first kappa shape index (κ1) is 15.5. The van der Waals surface area contributed by atoms with E-state index in [1.807, 2.05) is 0 Å². The molecule has 0 spiro atoms. The summed E-state index contributed by atoms with van der Waals surface area (Å²) in [5.41, 5.74) is 1.08. The maximum Gasteiger partial charge on any atom is 0.257 e. The summed E-state index contributed by atoms with van der Waals surface area (Å²) in [6.45, 7) is 0. The van der Waals surface area contributed by atoms with E-state index in [0.717, 1.165) is 6.07 Å². The number of halogens is 3. The zero-order chi connectivity index (χ0) is 16.4. The number of nitrogens with zero attached hydrogens (tertiary/aromatic N) is 3. The number of hydrogen-bond donors (Lipinski definition) is 1. The molecule has 0 atom stereocenters. The molecule has 5 nitrogen and oxygen atoms in total. The molecule has 0 fully saturated rings. The quantitative estimate of drug-likeness (QED) is 0.727. The number of nitrogens with one attached hydrogen (secondary N) is 1. The third kappa shape index (κ3) is 3.18. The van der Waals surface area contributed by atoms with Crippen LogP contribution >= 0.6 is 23.2 Å². The van der Waals surface area contributed by atoms with Crippen LogP contribution in [-0.2, 0) is 0 Å². The predicted octanol–water partition coefficient (Wildman–Crippen LogP) is 3.97. The van der Waals surface area contributed by atoms with Crippen molar-refractivity contribution in [1.29, 1.82) is 0 Å². The second kappa shape index (κ2) is 6.36. The lowest BCUT2D eigenvalue weighted by Gasteiger charge is -2.11. The highest BCUT2D eigenvalue weighted by molar-refractivity contribution is 6.37. The van der Waals surface area contributed by atoms with E-state index in [4.69, 9.17) is 23.2 Å². The standard InChI is InChI=1S/C15H9Cl2FN4O/c16-10-6-11(17)12(18)5-9(10)15(23)21-13-3-1-2-4-14(13)22-8-19-7-20-22/h1-8H,(H,21,23). The smallest absolute Gasteiger partial charge is 0.257 e. The summed E-state index contributed by atoms with van der Waals surface area (Å²) in [6, 6.07) is 9.18. The number of rotatable bonds is 3. The first-order chi connectivity index (χ1) is 11.1. The summed E-state index contributed by atoms with van der Waals surface area (Å²) in [7, 11) is 0. The van der Waals surface area contributed by atoms with Gasteiger partial charge in [-0.1, -0.05) is 35.3 Å². The molecule has 1 heterocycles. The van der Waals surface area contributed by atoms with E-state index in [1.165, 1.54) is 23.4 Å². The molecular formula is C15H9Cl2FN4O. The Morgan fingerprint density at radius 1 is 1.17 bits per heavy atom. The number of carbonyl (C=O) groups excluding carboxylic acids is 1. The molecule has 8 heteroatoms. The van der Waals surface area contributed by atoms with Gasteiger partial charge in [-0.25, -0.2) is 14.1 Å². The van der Waals surface area contributed by atoms with Gasteiger partial charge < -0.3 is 5.32 Å². The van der Waals surface area contributed by atoms with Gasteiger partial charge in [0.05, 0.1) is 27.0 Å². The average Bonchev–Trinajstić information content (AvgIpc) is 3.05. The van der Waals surface area contributed by atoms with Gasteiger partial charge in [0.1, 0.15) is 18.5 Å². The van der Waals surface area contributed by atoms with Gasteiger partial charge in [-0.2, -0.15) is 5.10 Å². The predicted molar refractivity (Wildman–Crippen MR) is 85.7 cm³/mol. The lowest BCUT2D eigenvalue weighted by atomic mass is 10.2. The minimum absolute atomic E-state index is 0.0121. The zero-order valence-electron chi connectivity index (χ0n) is 11.5. The van der Waals surface area contributed by atoms with Crippen molar-refractivity contribution in [2.24, 2.45) is 0 Å². The Morgan fingerprint density at radius 3 is 2.70 bits per heavy atom. The fourth-order valence-electron chi connectivity index (χ4n) is 2.00. The Kier molecular flexibility index (Phi) is 4.27. The van der Waals surface area contributed by atoms with E-state index in [1.54, 1.807) is 24.3 Å². The van der Waals surface area contributed by atoms with Crippen LogP contribution in [0.5, 0.6) is 0 Å². The van der Waals surface area contributed by atoms with E-state index in [-0.39, 0.29) is 15.6 Å². The topological polar surface area (TPSA) is 59.8 Å². The SMILES string of the molecule is O=C(Nc1ccccc1-n1cncn1)c1cc(F)c(Cl)cc1Cl. The first-order valence-corrected chi connectivity index (χ1v) is 7.22. The molecule has 0 aliphatic carbocycles. The number of para-hydroxylation sites is 2. The molecule has 0 saturated carbocycles. The fraction of sp³-hybridized carbons (Fsp3) is 0. The minimum atomic E-state index is -0.717. The van der Waals surface area contributed by atoms with Gasteiger partial charge in [0.2, 0.25) is 0 Å². The molecule has 2 aromatic carbocycles. The van der Waals surface area contributed by atoms with Crippen molar-refractivity contribution in [3.05, 3.63) is 70.5 Å². The molecule has 0 saturated heterocycles. The molecule has 3 aromatic rings. The Bertz CT molecular complexity index is 868. The van der Waals surface area contributed by atoms with Crippen molar-refractivity contribution in [1.82, 2.24) is 14.8 Å². The minimum Gasteiger partial charge on any atom is -0.320 e. The third-order valence-corrected chi connectivity index (χ3v) is 3.67. The number of benzene rings is 2. The normalized spacial score (nSPS) is 10.6. The average molecular weight is 351 g/mol. The van der Waals surface area contributed by atoms with Crippen LogP contribution in [-0.4, -0.2) is 20.7 Å². The van der Waals surface area contributed by atoms with Gasteiger partial charge in [0, 0.05) is 0 Å². The van der Waals surface area contributed by atoms with Crippen LogP contribution in [0.3, 0.4) is 0 Å². The summed E-state index contributed by atoms with van der Waals surface area (Å²) >= 11 is 11.6. The van der Waals surface area contributed by atoms with Gasteiger partial charge in [-0.3, -0.25) is 4.79 Å². The Balaban J connectivity index is 1.94. The van der Waals surface area contributed by atoms with Gasteiger partial charge in [-0.15, -0.1) is 0 Å². The summed E-state index contributed by atoms with van der Waals surface area (Å²) < 4.78 is 15.1. The second-order valence-electron chi connectivity index (χ2n) is 4.56. The summed E-state index contributed by atoms with van der Waals surface area (Å²) in [6.07, 6.45) is 2.88. The van der Waals surface area contributed by atoms with Crippen molar-refractivity contribution >= 4 is 34.8 Å². The van der Waals surface area contributed by atoms with Crippen molar-refractivity contribution in [2.45, 2.75) is 0 Å². The maximum atomic E-state index is 13.6. The molecule has 0 aliphatic heterocycles.